The molecule has 0 heterocycles. The summed E-state index contributed by atoms with van der Waals surface area (Å²) in [6.45, 7) is 3.76. The van der Waals surface area contributed by atoms with Crippen molar-refractivity contribution < 1.29 is 39.5 Å². The second-order valence-electron chi connectivity index (χ2n) is 13.6. The van der Waals surface area contributed by atoms with E-state index in [0.29, 0.717) is 19.3 Å². The van der Waals surface area contributed by atoms with E-state index in [-0.39, 0.29) is 37.3 Å². The molecular weight excluding hydrogens is 596 g/mol. The van der Waals surface area contributed by atoms with Crippen molar-refractivity contribution in [3.63, 3.8) is 0 Å². The maximum Gasteiger partial charge on any atom is 0.310 e. The second kappa shape index (κ2) is 29.2. The molecule has 0 radical (unpaired) electrons. The van der Waals surface area contributed by atoms with Gasteiger partial charge in [-0.3, -0.25) is 9.59 Å². The molecule has 0 aromatic carbocycles. The largest absolute Gasteiger partial charge is 0.462 e. The Hall–Kier alpha value is -1.74. The molecule has 0 saturated heterocycles. The van der Waals surface area contributed by atoms with Gasteiger partial charge in [0, 0.05) is 18.8 Å². The monoisotopic (exact) mass is 667 g/mol. The van der Waals surface area contributed by atoms with Gasteiger partial charge in [-0.25, -0.2) is 0 Å². The smallest absolute Gasteiger partial charge is 0.310 e. The van der Waals surface area contributed by atoms with Gasteiger partial charge >= 0.3 is 11.9 Å². The lowest BCUT2D eigenvalue weighted by molar-refractivity contribution is -0.160. The fourth-order valence-electron chi connectivity index (χ4n) is 6.35. The molecule has 1 aliphatic rings. The first-order valence-corrected chi connectivity index (χ1v) is 19.2. The Bertz CT molecular complexity index is 828. The van der Waals surface area contributed by atoms with Crippen LogP contribution in [0.1, 0.15) is 162 Å². The number of carbonyl (C=O) groups excluding carboxylic acids is 2. The lowest BCUT2D eigenvalue weighted by Gasteiger charge is -2.19. The van der Waals surface area contributed by atoms with Crippen molar-refractivity contribution in [3.05, 3.63) is 24.3 Å². The molecular formula is C39H70O8. The fourth-order valence-corrected chi connectivity index (χ4v) is 6.35. The minimum Gasteiger partial charge on any atom is -0.462 e. The van der Waals surface area contributed by atoms with Crippen LogP contribution in [0.3, 0.4) is 0 Å². The van der Waals surface area contributed by atoms with Crippen LogP contribution < -0.4 is 0 Å². The second-order valence-corrected chi connectivity index (χ2v) is 13.6. The molecule has 0 aliphatic heterocycles. The number of allylic oxidation sites excluding steroid dienone is 1. The van der Waals surface area contributed by atoms with Gasteiger partial charge in [0.15, 0.2) is 6.10 Å². The van der Waals surface area contributed by atoms with Crippen molar-refractivity contribution in [2.24, 2.45) is 11.8 Å². The molecule has 0 amide bonds. The summed E-state index contributed by atoms with van der Waals surface area (Å²) < 4.78 is 10.5. The molecule has 0 bridgehead atoms. The summed E-state index contributed by atoms with van der Waals surface area (Å²) in [4.78, 5) is 24.4. The van der Waals surface area contributed by atoms with Crippen LogP contribution in [-0.4, -0.2) is 70.0 Å². The molecule has 8 nitrogen and oxygen atoms in total. The highest BCUT2D eigenvalue weighted by atomic mass is 16.6. The molecule has 6 atom stereocenters. The van der Waals surface area contributed by atoms with Crippen LogP contribution in [0.15, 0.2) is 24.3 Å². The maximum absolute atomic E-state index is 12.3. The van der Waals surface area contributed by atoms with Crippen molar-refractivity contribution in [2.75, 3.05) is 13.2 Å². The Kier molecular flexibility index (Phi) is 26.9. The Morgan fingerprint density at radius 1 is 0.745 bits per heavy atom. The molecule has 1 fully saturated rings. The first kappa shape index (κ1) is 43.3. The topological polar surface area (TPSA) is 134 Å². The van der Waals surface area contributed by atoms with E-state index >= 15 is 0 Å². The van der Waals surface area contributed by atoms with Crippen molar-refractivity contribution >= 4 is 11.9 Å². The SMILES string of the molecule is CCCCCCCCCCCCCCCCCC(=O)OC[C@H](CO)OC(=O)C/C=C\C[C@H]1[C@@H](/C=C/[C@H](O)CCCCC)[C@H](O)C[C@@H]1O. The lowest BCUT2D eigenvalue weighted by Crippen LogP contribution is -2.28. The highest BCUT2D eigenvalue weighted by Crippen LogP contribution is 2.36. The molecule has 1 aliphatic carbocycles. The van der Waals surface area contributed by atoms with Crippen LogP contribution in [0.4, 0.5) is 0 Å². The number of rotatable bonds is 30. The number of esters is 2. The zero-order chi connectivity index (χ0) is 34.5. The highest BCUT2D eigenvalue weighted by molar-refractivity contribution is 5.71. The summed E-state index contributed by atoms with van der Waals surface area (Å²) >= 11 is 0. The minimum atomic E-state index is -0.911. The normalized spacial score (nSPS) is 21.1. The Morgan fingerprint density at radius 3 is 1.87 bits per heavy atom. The van der Waals surface area contributed by atoms with E-state index in [9.17, 15) is 30.0 Å². The molecule has 1 rings (SSSR count). The zero-order valence-corrected chi connectivity index (χ0v) is 29.9. The number of hydrogen-bond donors (Lipinski definition) is 4. The maximum atomic E-state index is 12.3. The minimum absolute atomic E-state index is 0.0222. The van der Waals surface area contributed by atoms with Crippen molar-refractivity contribution in [1.82, 2.24) is 0 Å². The molecule has 47 heavy (non-hydrogen) atoms. The van der Waals surface area contributed by atoms with Crippen LogP contribution in [-0.2, 0) is 19.1 Å². The van der Waals surface area contributed by atoms with E-state index in [0.717, 1.165) is 38.5 Å². The first-order valence-electron chi connectivity index (χ1n) is 19.2. The van der Waals surface area contributed by atoms with E-state index in [1.54, 1.807) is 18.2 Å². The van der Waals surface area contributed by atoms with E-state index in [4.69, 9.17) is 9.47 Å². The van der Waals surface area contributed by atoms with Gasteiger partial charge in [-0.15, -0.1) is 0 Å². The number of unbranched alkanes of at least 4 members (excludes halogenated alkanes) is 16. The molecule has 0 spiro atoms. The summed E-state index contributed by atoms with van der Waals surface area (Å²) in [5, 5.41) is 40.6. The third-order valence-corrected chi connectivity index (χ3v) is 9.35. The number of aliphatic hydroxyl groups is 4. The summed E-state index contributed by atoms with van der Waals surface area (Å²) in [5.41, 5.74) is 0. The van der Waals surface area contributed by atoms with Crippen LogP contribution in [0.25, 0.3) is 0 Å². The number of hydrogen-bond acceptors (Lipinski definition) is 8. The summed E-state index contributed by atoms with van der Waals surface area (Å²) in [5.74, 6) is -1.38. The van der Waals surface area contributed by atoms with Crippen molar-refractivity contribution in [1.29, 1.82) is 0 Å². The fraction of sp³-hybridized carbons (Fsp3) is 0.846. The van der Waals surface area contributed by atoms with Crippen LogP contribution in [0.5, 0.6) is 0 Å². The molecule has 274 valence electrons. The van der Waals surface area contributed by atoms with Gasteiger partial charge in [0.05, 0.1) is 31.3 Å². The van der Waals surface area contributed by atoms with E-state index < -0.39 is 37.0 Å². The standard InChI is InChI=1S/C39H70O8/c1-3-5-7-8-9-10-11-12-13-14-15-16-17-18-20-25-38(44)46-31-33(30-40)47-39(45)26-22-21-24-34-35(37(43)29-36(34)42)28-27-32(41)23-19-6-4-2/h21-22,27-28,32-37,40-43H,3-20,23-26,29-31H2,1-2H3/b22-21-,28-27+/t32-,33+,34+,35-,36+,37-/m1/s1. The molecule has 8 heteroatoms. The highest BCUT2D eigenvalue weighted by Gasteiger charge is 2.39. The summed E-state index contributed by atoms with van der Waals surface area (Å²) in [7, 11) is 0. The average Bonchev–Trinajstić information content (AvgIpc) is 3.33. The van der Waals surface area contributed by atoms with Gasteiger partial charge in [0.2, 0.25) is 0 Å². The van der Waals surface area contributed by atoms with Gasteiger partial charge in [-0.2, -0.15) is 0 Å². The zero-order valence-electron chi connectivity index (χ0n) is 29.9. The van der Waals surface area contributed by atoms with Gasteiger partial charge in [0.25, 0.3) is 0 Å². The number of ether oxygens (including phenoxy) is 2. The predicted molar refractivity (Wildman–Crippen MR) is 189 cm³/mol. The van der Waals surface area contributed by atoms with Crippen LogP contribution in [0.2, 0.25) is 0 Å². The van der Waals surface area contributed by atoms with E-state index in [1.165, 1.54) is 77.0 Å². The van der Waals surface area contributed by atoms with Crippen molar-refractivity contribution in [3.8, 4) is 0 Å². The number of aliphatic hydroxyl groups excluding tert-OH is 4. The quantitative estimate of drug-likeness (QED) is 0.0346. The third kappa shape index (κ3) is 22.5. The third-order valence-electron chi connectivity index (χ3n) is 9.35. The van der Waals surface area contributed by atoms with Gasteiger partial charge in [-0.05, 0) is 25.2 Å². The lowest BCUT2D eigenvalue weighted by atomic mass is 9.89. The Morgan fingerprint density at radius 2 is 1.30 bits per heavy atom. The summed E-state index contributed by atoms with van der Waals surface area (Å²) in [6, 6.07) is 0. The van der Waals surface area contributed by atoms with Crippen molar-refractivity contribution in [2.45, 2.75) is 186 Å². The van der Waals surface area contributed by atoms with Gasteiger partial charge < -0.3 is 29.9 Å². The van der Waals surface area contributed by atoms with E-state index in [1.807, 2.05) is 6.08 Å². The molecule has 0 aromatic heterocycles. The molecule has 4 N–H and O–H groups in total. The molecule has 0 unspecified atom stereocenters. The van der Waals surface area contributed by atoms with Crippen LogP contribution in [0, 0.1) is 11.8 Å². The van der Waals surface area contributed by atoms with Crippen LogP contribution >= 0.6 is 0 Å². The Balaban J connectivity index is 2.16. The van der Waals surface area contributed by atoms with E-state index in [2.05, 4.69) is 13.8 Å². The summed E-state index contributed by atoms with van der Waals surface area (Å²) in [6.07, 6.45) is 27.9. The Labute approximate surface area is 286 Å². The predicted octanol–water partition coefficient (Wildman–Crippen LogP) is 7.89. The van der Waals surface area contributed by atoms with Gasteiger partial charge in [0.1, 0.15) is 6.61 Å². The average molecular weight is 667 g/mol. The molecule has 1 saturated carbocycles. The first-order chi connectivity index (χ1) is 22.8. The molecule has 0 aromatic rings. The number of carbonyl (C=O) groups is 2. The van der Waals surface area contributed by atoms with Gasteiger partial charge in [-0.1, -0.05) is 147 Å².